The maximum atomic E-state index is 5.78. The van der Waals surface area contributed by atoms with Gasteiger partial charge >= 0.3 is 0 Å². The normalized spacial score (nSPS) is 10.9. The molecule has 0 spiro atoms. The first-order chi connectivity index (χ1) is 9.74. The van der Waals surface area contributed by atoms with E-state index in [-0.39, 0.29) is 0 Å². The minimum atomic E-state index is 0.446. The minimum Gasteiger partial charge on any atom is -0.486 e. The summed E-state index contributed by atoms with van der Waals surface area (Å²) in [4.78, 5) is 4.37. The molecule has 0 aliphatic rings. The van der Waals surface area contributed by atoms with E-state index < -0.39 is 0 Å². The van der Waals surface area contributed by atoms with Crippen LogP contribution in [-0.2, 0) is 12.5 Å². The first kappa shape index (κ1) is 13.9. The number of aromatic nitrogens is 1. The number of alkyl halides is 1. The fourth-order valence-electron chi connectivity index (χ4n) is 1.91. The molecule has 0 saturated heterocycles. The van der Waals surface area contributed by atoms with Crippen molar-refractivity contribution in [2.75, 3.05) is 0 Å². The molecule has 0 radical (unpaired) electrons. The molecule has 2 aromatic carbocycles. The van der Waals surface area contributed by atoms with Crippen LogP contribution in [0.2, 0.25) is 0 Å². The van der Waals surface area contributed by atoms with Crippen LogP contribution < -0.4 is 4.74 Å². The SMILES string of the molecule is ClCc1csc(COc2ccc3cc(Br)ccc3c2)n1. The van der Waals surface area contributed by atoms with Crippen LogP contribution in [0.15, 0.2) is 46.3 Å². The molecule has 0 bridgehead atoms. The molecule has 1 aromatic heterocycles. The lowest BCUT2D eigenvalue weighted by atomic mass is 10.1. The lowest BCUT2D eigenvalue weighted by molar-refractivity contribution is 0.306. The molecule has 2 nitrogen and oxygen atoms in total. The number of nitrogens with zero attached hydrogens (tertiary/aromatic N) is 1. The first-order valence-electron chi connectivity index (χ1n) is 6.06. The van der Waals surface area contributed by atoms with Crippen molar-refractivity contribution in [3.8, 4) is 5.75 Å². The molecule has 3 rings (SSSR count). The van der Waals surface area contributed by atoms with Crippen LogP contribution in [0.1, 0.15) is 10.7 Å². The lowest BCUT2D eigenvalue weighted by Crippen LogP contribution is -1.95. The van der Waals surface area contributed by atoms with Gasteiger partial charge in [0.15, 0.2) is 0 Å². The van der Waals surface area contributed by atoms with Gasteiger partial charge in [-0.15, -0.1) is 22.9 Å². The van der Waals surface area contributed by atoms with Gasteiger partial charge in [-0.05, 0) is 35.0 Å². The van der Waals surface area contributed by atoms with Gasteiger partial charge in [0.1, 0.15) is 17.4 Å². The molecular weight excluding hydrogens is 358 g/mol. The van der Waals surface area contributed by atoms with Gasteiger partial charge in [-0.25, -0.2) is 4.98 Å². The van der Waals surface area contributed by atoms with Gasteiger partial charge in [0.2, 0.25) is 0 Å². The third kappa shape index (κ3) is 3.14. The summed E-state index contributed by atoms with van der Waals surface area (Å²) < 4.78 is 6.86. The summed E-state index contributed by atoms with van der Waals surface area (Å²) in [6, 6.07) is 12.3. The Morgan fingerprint density at radius 2 is 1.95 bits per heavy atom. The second-order valence-corrected chi connectivity index (χ2v) is 6.43. The number of ether oxygens (including phenoxy) is 1. The molecule has 0 aliphatic heterocycles. The van der Waals surface area contributed by atoms with Crippen LogP contribution in [0.5, 0.6) is 5.75 Å². The molecule has 0 aliphatic carbocycles. The van der Waals surface area contributed by atoms with Crippen LogP contribution in [-0.4, -0.2) is 4.98 Å². The van der Waals surface area contributed by atoms with Crippen molar-refractivity contribution in [1.82, 2.24) is 4.98 Å². The van der Waals surface area contributed by atoms with Crippen molar-refractivity contribution in [2.45, 2.75) is 12.5 Å². The van der Waals surface area contributed by atoms with Gasteiger partial charge < -0.3 is 4.74 Å². The van der Waals surface area contributed by atoms with E-state index in [1.165, 1.54) is 5.39 Å². The topological polar surface area (TPSA) is 22.1 Å². The van der Waals surface area contributed by atoms with Crippen molar-refractivity contribution in [2.24, 2.45) is 0 Å². The van der Waals surface area contributed by atoms with Crippen LogP contribution in [0.4, 0.5) is 0 Å². The number of thiazole rings is 1. The smallest absolute Gasteiger partial charge is 0.140 e. The van der Waals surface area contributed by atoms with Gasteiger partial charge in [0, 0.05) is 9.85 Å². The Kier molecular flexibility index (Phi) is 4.24. The van der Waals surface area contributed by atoms with Gasteiger partial charge in [-0.1, -0.05) is 28.1 Å². The van der Waals surface area contributed by atoms with E-state index in [0.717, 1.165) is 26.3 Å². The van der Waals surface area contributed by atoms with Crippen LogP contribution in [0.25, 0.3) is 10.8 Å². The second-order valence-electron chi connectivity index (χ2n) is 4.31. The molecule has 0 atom stereocenters. The number of halogens is 2. The van der Waals surface area contributed by atoms with E-state index in [1.54, 1.807) is 11.3 Å². The molecule has 102 valence electrons. The van der Waals surface area contributed by atoms with Gasteiger partial charge in [0.25, 0.3) is 0 Å². The number of rotatable bonds is 4. The summed E-state index contributed by atoms with van der Waals surface area (Å²) in [7, 11) is 0. The largest absolute Gasteiger partial charge is 0.486 e. The summed E-state index contributed by atoms with van der Waals surface area (Å²) in [6.07, 6.45) is 0. The fourth-order valence-corrected chi connectivity index (χ4v) is 3.22. The van der Waals surface area contributed by atoms with Crippen molar-refractivity contribution in [3.63, 3.8) is 0 Å². The molecule has 5 heteroatoms. The Morgan fingerprint density at radius 3 is 2.75 bits per heavy atom. The minimum absolute atomic E-state index is 0.446. The molecule has 0 amide bonds. The van der Waals surface area contributed by atoms with E-state index in [2.05, 4.69) is 39.1 Å². The highest BCUT2D eigenvalue weighted by atomic mass is 79.9. The van der Waals surface area contributed by atoms with E-state index in [9.17, 15) is 0 Å². The number of hydrogen-bond donors (Lipinski definition) is 0. The highest BCUT2D eigenvalue weighted by molar-refractivity contribution is 9.10. The zero-order valence-electron chi connectivity index (χ0n) is 10.5. The van der Waals surface area contributed by atoms with E-state index in [4.69, 9.17) is 16.3 Å². The summed E-state index contributed by atoms with van der Waals surface area (Å²) in [5.41, 5.74) is 0.902. The van der Waals surface area contributed by atoms with Gasteiger partial charge in [-0.3, -0.25) is 0 Å². The second kappa shape index (κ2) is 6.12. The first-order valence-corrected chi connectivity index (χ1v) is 8.27. The summed E-state index contributed by atoms with van der Waals surface area (Å²) >= 11 is 10.8. The Balaban J connectivity index is 1.75. The van der Waals surface area contributed by atoms with E-state index in [1.807, 2.05) is 23.6 Å². The molecule has 0 unspecified atom stereocenters. The molecule has 0 N–H and O–H groups in total. The summed E-state index contributed by atoms with van der Waals surface area (Å²) in [6.45, 7) is 0.476. The predicted molar refractivity (Wildman–Crippen MR) is 87.7 cm³/mol. The molecule has 3 aromatic rings. The van der Waals surface area contributed by atoms with E-state index in [0.29, 0.717) is 12.5 Å². The molecular formula is C15H11BrClNOS. The van der Waals surface area contributed by atoms with Crippen molar-refractivity contribution in [1.29, 1.82) is 0 Å². The average molecular weight is 369 g/mol. The average Bonchev–Trinajstić information content (AvgIpc) is 2.93. The lowest BCUT2D eigenvalue weighted by Gasteiger charge is -2.06. The zero-order valence-corrected chi connectivity index (χ0v) is 13.6. The quantitative estimate of drug-likeness (QED) is 0.577. The van der Waals surface area contributed by atoms with Gasteiger partial charge in [-0.2, -0.15) is 0 Å². The Labute approximate surface area is 134 Å². The molecule has 0 fully saturated rings. The Bertz CT molecular complexity index is 744. The van der Waals surface area contributed by atoms with Crippen molar-refractivity contribution in [3.05, 3.63) is 57.0 Å². The predicted octanol–water partition coefficient (Wildman–Crippen LogP) is 5.38. The highest BCUT2D eigenvalue weighted by Crippen LogP contribution is 2.25. The summed E-state index contributed by atoms with van der Waals surface area (Å²) in [5, 5.41) is 5.25. The van der Waals surface area contributed by atoms with Gasteiger partial charge in [0.05, 0.1) is 11.6 Å². The third-order valence-electron chi connectivity index (χ3n) is 2.87. The Morgan fingerprint density at radius 1 is 1.15 bits per heavy atom. The molecule has 20 heavy (non-hydrogen) atoms. The van der Waals surface area contributed by atoms with Crippen molar-refractivity contribution < 1.29 is 4.74 Å². The maximum Gasteiger partial charge on any atom is 0.140 e. The number of benzene rings is 2. The number of hydrogen-bond acceptors (Lipinski definition) is 3. The maximum absolute atomic E-state index is 5.78. The van der Waals surface area contributed by atoms with Crippen LogP contribution in [0, 0.1) is 0 Å². The fraction of sp³-hybridized carbons (Fsp3) is 0.133. The Hall–Kier alpha value is -1.10. The van der Waals surface area contributed by atoms with E-state index >= 15 is 0 Å². The third-order valence-corrected chi connectivity index (χ3v) is 4.51. The summed E-state index contributed by atoms with van der Waals surface area (Å²) in [5.74, 6) is 1.30. The zero-order chi connectivity index (χ0) is 13.9. The van der Waals surface area contributed by atoms with Crippen LogP contribution in [0.3, 0.4) is 0 Å². The monoisotopic (exact) mass is 367 g/mol. The standard InChI is InChI=1S/C15H11BrClNOS/c16-12-3-1-11-6-14(4-2-10(11)5-12)19-8-15-18-13(7-17)9-20-15/h1-6,9H,7-8H2. The molecule has 0 saturated carbocycles. The van der Waals surface area contributed by atoms with Crippen LogP contribution >= 0.6 is 38.9 Å². The highest BCUT2D eigenvalue weighted by Gasteiger charge is 2.03. The molecule has 1 heterocycles. The van der Waals surface area contributed by atoms with Crippen molar-refractivity contribution >= 4 is 49.6 Å². The number of fused-ring (bicyclic) bond motifs is 1.